The Hall–Kier alpha value is -2.16. The van der Waals surface area contributed by atoms with Crippen LogP contribution in [0.4, 0.5) is 18.3 Å². The maximum absolute atomic E-state index is 12.6. The molecule has 0 fully saturated rings. The lowest BCUT2D eigenvalue weighted by Gasteiger charge is -2.14. The van der Waals surface area contributed by atoms with Gasteiger partial charge >= 0.3 is 6.18 Å². The van der Waals surface area contributed by atoms with Gasteiger partial charge in [0.15, 0.2) is 0 Å². The number of para-hydroxylation sites is 2. The fourth-order valence-electron chi connectivity index (χ4n) is 2.10. The number of alkyl halides is 3. The fraction of sp³-hybridized carbons (Fsp3) is 0.308. The Kier molecular flexibility index (Phi) is 3.51. The van der Waals surface area contributed by atoms with Gasteiger partial charge in [-0.3, -0.25) is 0 Å². The average molecular weight is 327 g/mol. The van der Waals surface area contributed by atoms with Crippen LogP contribution in [0.5, 0.6) is 0 Å². The van der Waals surface area contributed by atoms with Crippen LogP contribution in [0, 0.1) is 0 Å². The highest BCUT2D eigenvalue weighted by atomic mass is 32.1. The number of imidazole rings is 1. The molecule has 0 spiro atoms. The molecule has 1 aromatic carbocycles. The topological polar surface area (TPSA) is 46.8 Å². The largest absolute Gasteiger partial charge is 0.445 e. The second-order valence-corrected chi connectivity index (χ2v) is 5.78. The highest BCUT2D eigenvalue weighted by Crippen LogP contribution is 2.34. The third kappa shape index (κ3) is 2.63. The molecule has 0 aliphatic carbocycles. The van der Waals surface area contributed by atoms with Crippen LogP contribution in [-0.4, -0.2) is 26.8 Å². The summed E-state index contributed by atoms with van der Waals surface area (Å²) in [5, 5.41) is 6.05. The third-order valence-corrected chi connectivity index (χ3v) is 4.32. The summed E-state index contributed by atoms with van der Waals surface area (Å²) in [5.41, 5.74) is 1.82. The van der Waals surface area contributed by atoms with Gasteiger partial charge in [-0.05, 0) is 12.1 Å². The van der Waals surface area contributed by atoms with Crippen molar-refractivity contribution < 1.29 is 13.2 Å². The van der Waals surface area contributed by atoms with E-state index >= 15 is 0 Å². The number of benzene rings is 1. The van der Waals surface area contributed by atoms with Crippen molar-refractivity contribution in [3.05, 3.63) is 35.1 Å². The van der Waals surface area contributed by atoms with Crippen molar-refractivity contribution in [1.29, 1.82) is 0 Å². The van der Waals surface area contributed by atoms with Crippen LogP contribution in [-0.2, 0) is 19.8 Å². The van der Waals surface area contributed by atoms with Crippen molar-refractivity contribution in [2.24, 2.45) is 7.05 Å². The van der Waals surface area contributed by atoms with Crippen LogP contribution in [0.25, 0.3) is 11.0 Å². The zero-order valence-corrected chi connectivity index (χ0v) is 12.6. The highest BCUT2D eigenvalue weighted by molar-refractivity contribution is 7.15. The number of anilines is 1. The third-order valence-electron chi connectivity index (χ3n) is 3.24. The fourth-order valence-corrected chi connectivity index (χ4v) is 2.77. The standard InChI is InChI=1S/C13H12F3N5S/c1-20(12-19-18-11(22-12)13(14,15)16)7-10-17-8-5-3-4-6-9(8)21(10)2/h3-6H,7H2,1-2H3. The summed E-state index contributed by atoms with van der Waals surface area (Å²) >= 11 is 0.522. The molecule has 0 aliphatic rings. The summed E-state index contributed by atoms with van der Waals surface area (Å²) in [5.74, 6) is 0.743. The number of nitrogens with zero attached hydrogens (tertiary/aromatic N) is 5. The molecule has 5 nitrogen and oxygen atoms in total. The number of aryl methyl sites for hydroxylation is 1. The predicted octanol–water partition coefficient (Wildman–Crippen LogP) is 3.08. The molecular weight excluding hydrogens is 315 g/mol. The Labute approximate surface area is 128 Å². The molecular formula is C13H12F3N5S. The minimum absolute atomic E-state index is 0.208. The van der Waals surface area contributed by atoms with E-state index in [1.165, 1.54) is 0 Å². The molecule has 0 radical (unpaired) electrons. The van der Waals surface area contributed by atoms with E-state index in [1.807, 2.05) is 35.9 Å². The lowest BCUT2D eigenvalue weighted by Crippen LogP contribution is -2.18. The number of halogens is 3. The second kappa shape index (κ2) is 5.24. The van der Waals surface area contributed by atoms with Crippen molar-refractivity contribution in [3.63, 3.8) is 0 Å². The van der Waals surface area contributed by atoms with Crippen molar-refractivity contribution in [1.82, 2.24) is 19.7 Å². The van der Waals surface area contributed by atoms with Crippen LogP contribution in [0.2, 0.25) is 0 Å². The monoisotopic (exact) mass is 327 g/mol. The number of rotatable bonds is 3. The van der Waals surface area contributed by atoms with E-state index in [4.69, 9.17) is 0 Å². The molecule has 116 valence electrons. The zero-order chi connectivity index (χ0) is 15.9. The Balaban J connectivity index is 1.85. The molecule has 2 aromatic heterocycles. The number of fused-ring (bicyclic) bond motifs is 1. The van der Waals surface area contributed by atoms with E-state index in [9.17, 15) is 13.2 Å². The van der Waals surface area contributed by atoms with Gasteiger partial charge in [-0.1, -0.05) is 23.5 Å². The minimum Gasteiger partial charge on any atom is -0.342 e. The summed E-state index contributed by atoms with van der Waals surface area (Å²) in [6, 6.07) is 7.64. The Morgan fingerprint density at radius 2 is 1.95 bits per heavy atom. The first-order valence-electron chi connectivity index (χ1n) is 6.38. The van der Waals surface area contributed by atoms with Gasteiger partial charge in [0.2, 0.25) is 10.1 Å². The van der Waals surface area contributed by atoms with Gasteiger partial charge in [-0.15, -0.1) is 10.2 Å². The number of hydrogen-bond acceptors (Lipinski definition) is 5. The first-order chi connectivity index (χ1) is 10.4. The van der Waals surface area contributed by atoms with Gasteiger partial charge in [-0.25, -0.2) is 4.98 Å². The van der Waals surface area contributed by atoms with Gasteiger partial charge in [0.25, 0.3) is 0 Å². The first kappa shape index (κ1) is 14.8. The van der Waals surface area contributed by atoms with Gasteiger partial charge in [0.1, 0.15) is 5.82 Å². The SMILES string of the molecule is CN(Cc1nc2ccccc2n1C)c1nnc(C(F)(F)F)s1. The molecule has 0 atom stereocenters. The summed E-state index contributed by atoms with van der Waals surface area (Å²) in [6.45, 7) is 0.345. The summed E-state index contributed by atoms with van der Waals surface area (Å²) < 4.78 is 39.6. The van der Waals surface area contributed by atoms with Gasteiger partial charge in [-0.2, -0.15) is 13.2 Å². The van der Waals surface area contributed by atoms with Crippen molar-refractivity contribution in [3.8, 4) is 0 Å². The molecule has 9 heteroatoms. The van der Waals surface area contributed by atoms with Crippen LogP contribution in [0.1, 0.15) is 10.8 Å². The summed E-state index contributed by atoms with van der Waals surface area (Å²) in [7, 11) is 3.54. The minimum atomic E-state index is -4.46. The van der Waals surface area contributed by atoms with E-state index in [0.29, 0.717) is 17.9 Å². The Bertz CT molecular complexity index is 807. The number of aromatic nitrogens is 4. The average Bonchev–Trinajstić information content (AvgIpc) is 3.05. The molecule has 0 N–H and O–H groups in total. The van der Waals surface area contributed by atoms with Crippen molar-refractivity contribution in [2.45, 2.75) is 12.7 Å². The van der Waals surface area contributed by atoms with Crippen LogP contribution in [0.3, 0.4) is 0 Å². The van der Waals surface area contributed by atoms with Crippen LogP contribution >= 0.6 is 11.3 Å². The zero-order valence-electron chi connectivity index (χ0n) is 11.8. The Morgan fingerprint density at radius 3 is 2.59 bits per heavy atom. The molecule has 0 amide bonds. The van der Waals surface area contributed by atoms with Gasteiger partial charge in [0, 0.05) is 14.1 Å². The summed E-state index contributed by atoms with van der Waals surface area (Å²) in [4.78, 5) is 6.09. The smallest absolute Gasteiger partial charge is 0.342 e. The van der Waals surface area contributed by atoms with Crippen LogP contribution < -0.4 is 4.90 Å². The maximum Gasteiger partial charge on any atom is 0.445 e. The molecule has 0 aliphatic heterocycles. The quantitative estimate of drug-likeness (QED) is 0.742. The Morgan fingerprint density at radius 1 is 1.23 bits per heavy atom. The van der Waals surface area contributed by atoms with Crippen LogP contribution in [0.15, 0.2) is 24.3 Å². The molecule has 0 bridgehead atoms. The molecule has 0 saturated heterocycles. The molecule has 2 heterocycles. The molecule has 22 heavy (non-hydrogen) atoms. The molecule has 3 aromatic rings. The van der Waals surface area contributed by atoms with E-state index < -0.39 is 11.2 Å². The van der Waals surface area contributed by atoms with E-state index in [0.717, 1.165) is 16.9 Å². The van der Waals surface area contributed by atoms with E-state index in [1.54, 1.807) is 11.9 Å². The second-order valence-electron chi connectivity index (χ2n) is 4.82. The van der Waals surface area contributed by atoms with E-state index in [2.05, 4.69) is 15.2 Å². The van der Waals surface area contributed by atoms with E-state index in [-0.39, 0.29) is 5.13 Å². The first-order valence-corrected chi connectivity index (χ1v) is 7.20. The molecule has 0 unspecified atom stereocenters. The number of hydrogen-bond donors (Lipinski definition) is 0. The lowest BCUT2D eigenvalue weighted by atomic mass is 10.3. The highest BCUT2D eigenvalue weighted by Gasteiger charge is 2.36. The van der Waals surface area contributed by atoms with Crippen molar-refractivity contribution >= 4 is 27.5 Å². The molecule has 0 saturated carbocycles. The molecule has 3 rings (SSSR count). The van der Waals surface area contributed by atoms with Gasteiger partial charge < -0.3 is 9.47 Å². The maximum atomic E-state index is 12.6. The van der Waals surface area contributed by atoms with Gasteiger partial charge in [0.05, 0.1) is 17.6 Å². The normalized spacial score (nSPS) is 12.0. The van der Waals surface area contributed by atoms with Crippen molar-refractivity contribution in [2.75, 3.05) is 11.9 Å². The summed E-state index contributed by atoms with van der Waals surface area (Å²) in [6.07, 6.45) is -4.46. The lowest BCUT2D eigenvalue weighted by molar-refractivity contribution is -0.138. The predicted molar refractivity (Wildman–Crippen MR) is 77.7 cm³/mol.